The molecule has 2 rings (SSSR count). The maximum absolute atomic E-state index is 4.04. The van der Waals surface area contributed by atoms with Gasteiger partial charge in [-0.1, -0.05) is 0 Å². The van der Waals surface area contributed by atoms with Crippen molar-refractivity contribution in [1.82, 2.24) is 9.80 Å². The molecule has 0 N–H and O–H groups in total. The maximum atomic E-state index is 4.04. The lowest BCUT2D eigenvalue weighted by molar-refractivity contribution is 0.179. The number of hydrogen-bond donors (Lipinski definition) is 0. The van der Waals surface area contributed by atoms with E-state index in [-0.39, 0.29) is 5.54 Å². The smallest absolute Gasteiger partial charge is 0.172 e. The minimum atomic E-state index is 0.147. The van der Waals surface area contributed by atoms with Crippen molar-refractivity contribution in [3.63, 3.8) is 0 Å². The summed E-state index contributed by atoms with van der Waals surface area (Å²) in [5.74, 6) is 0.928. The Morgan fingerprint density at radius 3 is 2.77 bits per heavy atom. The zero-order valence-electron chi connectivity index (χ0n) is 8.23. The zero-order chi connectivity index (χ0) is 9.47. The highest BCUT2D eigenvalue weighted by molar-refractivity contribution is 5.12. The molecule has 0 aromatic carbocycles. The molecule has 0 aromatic heterocycles. The highest BCUT2D eigenvalue weighted by atomic mass is 15.4. The minimum absolute atomic E-state index is 0.147. The van der Waals surface area contributed by atoms with Crippen LogP contribution < -0.4 is 0 Å². The molecule has 0 fully saturated rings. The van der Waals surface area contributed by atoms with Gasteiger partial charge in [0, 0.05) is 17.9 Å². The molecule has 0 aromatic rings. The van der Waals surface area contributed by atoms with Crippen LogP contribution >= 0.6 is 0 Å². The molecule has 2 heterocycles. The summed E-state index contributed by atoms with van der Waals surface area (Å²) in [5, 5.41) is 7.88. The molecule has 0 saturated heterocycles. The Labute approximate surface area is 78.2 Å². The molecule has 0 unspecified atom stereocenters. The van der Waals surface area contributed by atoms with Gasteiger partial charge in [-0.2, -0.15) is 5.11 Å². The van der Waals surface area contributed by atoms with E-state index in [4.69, 9.17) is 0 Å². The topological polar surface area (TPSA) is 31.2 Å². The maximum Gasteiger partial charge on any atom is 0.172 e. The molecule has 0 bridgehead atoms. The van der Waals surface area contributed by atoms with Gasteiger partial charge in [0.05, 0.1) is 12.9 Å². The fourth-order valence-electron chi connectivity index (χ4n) is 1.31. The molecule has 0 amide bonds. The summed E-state index contributed by atoms with van der Waals surface area (Å²) in [6.45, 7) is 7.42. The van der Waals surface area contributed by atoms with Crippen LogP contribution in [0.15, 0.2) is 34.6 Å². The number of fused-ring (bicyclic) bond motifs is 1. The van der Waals surface area contributed by atoms with Crippen molar-refractivity contribution in [3.05, 3.63) is 24.4 Å². The van der Waals surface area contributed by atoms with E-state index in [1.54, 1.807) is 6.20 Å². The number of azo groups is 1. The monoisotopic (exact) mass is 178 g/mol. The Bertz CT molecular complexity index is 295. The molecule has 4 nitrogen and oxygen atoms in total. The van der Waals surface area contributed by atoms with E-state index >= 15 is 0 Å². The van der Waals surface area contributed by atoms with Crippen LogP contribution in [0.2, 0.25) is 0 Å². The summed E-state index contributed by atoms with van der Waals surface area (Å²) in [6.07, 6.45) is 5.71. The van der Waals surface area contributed by atoms with Crippen LogP contribution in [0.5, 0.6) is 0 Å². The highest BCUT2D eigenvalue weighted by Gasteiger charge is 2.27. The molecule has 2 aliphatic heterocycles. The van der Waals surface area contributed by atoms with Crippen molar-refractivity contribution in [2.24, 2.45) is 10.2 Å². The van der Waals surface area contributed by atoms with Gasteiger partial charge in [0.15, 0.2) is 5.82 Å². The molecule has 70 valence electrons. The standard InChI is InChI=1S/C9H14N4/c1-9(2,3)13-6-8-11-10-4-5-12(8)7-13/h4-6H,7H2,1-3H3. The first-order valence-electron chi connectivity index (χ1n) is 4.40. The van der Waals surface area contributed by atoms with Crippen LogP contribution in [0.25, 0.3) is 0 Å². The van der Waals surface area contributed by atoms with E-state index in [1.165, 1.54) is 0 Å². The van der Waals surface area contributed by atoms with E-state index in [0.29, 0.717) is 0 Å². The molecule has 13 heavy (non-hydrogen) atoms. The third-order valence-electron chi connectivity index (χ3n) is 2.21. The zero-order valence-corrected chi connectivity index (χ0v) is 8.23. The largest absolute Gasteiger partial charge is 0.351 e. The molecule has 0 aliphatic carbocycles. The predicted molar refractivity (Wildman–Crippen MR) is 50.4 cm³/mol. The molecular weight excluding hydrogens is 164 g/mol. The van der Waals surface area contributed by atoms with Crippen molar-refractivity contribution in [3.8, 4) is 0 Å². The molecular formula is C9H14N4. The van der Waals surface area contributed by atoms with Crippen LogP contribution in [0.1, 0.15) is 20.8 Å². The third kappa shape index (κ3) is 1.43. The summed E-state index contributed by atoms with van der Waals surface area (Å²) in [7, 11) is 0. The van der Waals surface area contributed by atoms with Crippen molar-refractivity contribution < 1.29 is 0 Å². The lowest BCUT2D eigenvalue weighted by Crippen LogP contribution is -2.38. The SMILES string of the molecule is CC(C)(C)N1C=C2N=NC=CN2C1. The van der Waals surface area contributed by atoms with Gasteiger partial charge in [0.1, 0.15) is 0 Å². The van der Waals surface area contributed by atoms with Crippen molar-refractivity contribution in [1.29, 1.82) is 0 Å². The number of rotatable bonds is 0. The summed E-state index contributed by atoms with van der Waals surface area (Å²) in [6, 6.07) is 0. The Morgan fingerprint density at radius 1 is 1.38 bits per heavy atom. The molecule has 4 heteroatoms. The van der Waals surface area contributed by atoms with Gasteiger partial charge in [-0.25, -0.2) is 0 Å². The quantitative estimate of drug-likeness (QED) is 0.568. The van der Waals surface area contributed by atoms with Crippen LogP contribution in [0.3, 0.4) is 0 Å². The predicted octanol–water partition coefficient (Wildman–Crippen LogP) is 2.10. The van der Waals surface area contributed by atoms with Crippen LogP contribution in [-0.2, 0) is 0 Å². The first-order valence-corrected chi connectivity index (χ1v) is 4.40. The molecule has 0 saturated carbocycles. The van der Waals surface area contributed by atoms with E-state index < -0.39 is 0 Å². The Hall–Kier alpha value is -1.32. The van der Waals surface area contributed by atoms with E-state index in [9.17, 15) is 0 Å². The molecule has 0 radical (unpaired) electrons. The van der Waals surface area contributed by atoms with Crippen molar-refractivity contribution >= 4 is 0 Å². The van der Waals surface area contributed by atoms with Gasteiger partial charge in [-0.15, -0.1) is 5.11 Å². The summed E-state index contributed by atoms with van der Waals surface area (Å²) in [5.41, 5.74) is 0.147. The normalized spacial score (nSPS) is 20.7. The average molecular weight is 178 g/mol. The fourth-order valence-corrected chi connectivity index (χ4v) is 1.31. The van der Waals surface area contributed by atoms with Gasteiger partial charge in [0.25, 0.3) is 0 Å². The van der Waals surface area contributed by atoms with Gasteiger partial charge in [-0.3, -0.25) is 0 Å². The molecule has 2 aliphatic rings. The van der Waals surface area contributed by atoms with E-state index in [0.717, 1.165) is 12.5 Å². The van der Waals surface area contributed by atoms with Crippen molar-refractivity contribution in [2.75, 3.05) is 6.67 Å². The van der Waals surface area contributed by atoms with Crippen molar-refractivity contribution in [2.45, 2.75) is 26.3 Å². The Balaban J connectivity index is 2.21. The van der Waals surface area contributed by atoms with Gasteiger partial charge >= 0.3 is 0 Å². The van der Waals surface area contributed by atoms with E-state index in [2.05, 4.69) is 40.8 Å². The number of hydrogen-bond acceptors (Lipinski definition) is 4. The summed E-state index contributed by atoms with van der Waals surface area (Å²) >= 11 is 0. The number of nitrogens with zero attached hydrogens (tertiary/aromatic N) is 4. The second-order valence-corrected chi connectivity index (χ2v) is 4.25. The van der Waals surface area contributed by atoms with Crippen LogP contribution in [-0.4, -0.2) is 22.0 Å². The molecule has 0 atom stereocenters. The van der Waals surface area contributed by atoms with Gasteiger partial charge in [-0.05, 0) is 20.8 Å². The fraction of sp³-hybridized carbons (Fsp3) is 0.556. The summed E-state index contributed by atoms with van der Waals surface area (Å²) < 4.78 is 0. The lowest BCUT2D eigenvalue weighted by Gasteiger charge is -2.32. The summed E-state index contributed by atoms with van der Waals surface area (Å²) in [4.78, 5) is 4.33. The second-order valence-electron chi connectivity index (χ2n) is 4.25. The van der Waals surface area contributed by atoms with Gasteiger partial charge < -0.3 is 9.80 Å². The minimum Gasteiger partial charge on any atom is -0.351 e. The first kappa shape index (κ1) is 8.29. The average Bonchev–Trinajstić information content (AvgIpc) is 2.45. The Morgan fingerprint density at radius 2 is 2.15 bits per heavy atom. The highest BCUT2D eigenvalue weighted by Crippen LogP contribution is 2.26. The van der Waals surface area contributed by atoms with Crippen LogP contribution in [0, 0.1) is 0 Å². The molecule has 0 spiro atoms. The first-order chi connectivity index (χ1) is 6.07. The van der Waals surface area contributed by atoms with Crippen LogP contribution in [0.4, 0.5) is 0 Å². The van der Waals surface area contributed by atoms with E-state index in [1.807, 2.05) is 12.4 Å². The lowest BCUT2D eigenvalue weighted by atomic mass is 10.1. The third-order valence-corrected chi connectivity index (χ3v) is 2.21. The second kappa shape index (κ2) is 2.58. The Kier molecular flexibility index (Phi) is 1.65. The van der Waals surface area contributed by atoms with Gasteiger partial charge in [0.2, 0.25) is 0 Å².